The Morgan fingerprint density at radius 3 is 2.53 bits per heavy atom. The van der Waals surface area contributed by atoms with Crippen molar-refractivity contribution in [3.8, 4) is 0 Å². The number of methoxy groups -OCH3 is 1. The number of aromatic nitrogens is 1. The predicted molar refractivity (Wildman–Crippen MR) is 65.5 cm³/mol. The Morgan fingerprint density at radius 1 is 1.47 bits per heavy atom. The number of esters is 1. The van der Waals surface area contributed by atoms with Crippen molar-refractivity contribution >= 4 is 33.3 Å². The fourth-order valence-corrected chi connectivity index (χ4v) is 3.76. The van der Waals surface area contributed by atoms with E-state index in [0.717, 1.165) is 12.6 Å². The van der Waals surface area contributed by atoms with Crippen LogP contribution in [0.4, 0.5) is 0 Å². The Hall–Kier alpha value is -1.52. The first-order valence-electron chi connectivity index (χ1n) is 4.91. The fourth-order valence-electron chi connectivity index (χ4n) is 1.25. The molecule has 1 aromatic rings. The van der Waals surface area contributed by atoms with Gasteiger partial charge in [-0.25, -0.2) is 18.2 Å². The maximum atomic E-state index is 12.0. The van der Waals surface area contributed by atoms with Gasteiger partial charge in [0, 0.05) is 0 Å². The molecule has 19 heavy (non-hydrogen) atoms. The molecule has 0 saturated heterocycles. The number of hydrogen-bond donors (Lipinski definition) is 2. The molecule has 0 spiro atoms. The van der Waals surface area contributed by atoms with E-state index < -0.39 is 37.4 Å². The van der Waals surface area contributed by atoms with Crippen molar-refractivity contribution in [2.75, 3.05) is 7.11 Å². The Kier molecular flexibility index (Phi) is 4.28. The SMILES string of the molecule is COC(=O)C(C)(C)NS(=O)(=O)c1scnc1C(=O)O. The average molecular weight is 308 g/mol. The molecule has 0 fully saturated rings. The summed E-state index contributed by atoms with van der Waals surface area (Å²) in [6, 6.07) is 0. The summed E-state index contributed by atoms with van der Waals surface area (Å²) in [5.41, 5.74) is -1.01. The van der Waals surface area contributed by atoms with Crippen molar-refractivity contribution in [1.82, 2.24) is 9.71 Å². The minimum atomic E-state index is -4.18. The summed E-state index contributed by atoms with van der Waals surface area (Å²) in [6.07, 6.45) is 0. The lowest BCUT2D eigenvalue weighted by Crippen LogP contribution is -2.50. The molecule has 0 bridgehead atoms. The maximum Gasteiger partial charge on any atom is 0.356 e. The van der Waals surface area contributed by atoms with Crippen LogP contribution in [0.2, 0.25) is 0 Å². The summed E-state index contributed by atoms with van der Waals surface area (Å²) in [5, 5.41) is 8.83. The van der Waals surface area contributed by atoms with Crippen LogP contribution < -0.4 is 4.72 Å². The first kappa shape index (κ1) is 15.5. The van der Waals surface area contributed by atoms with Crippen LogP contribution in [0.25, 0.3) is 0 Å². The van der Waals surface area contributed by atoms with Crippen LogP contribution in [0, 0.1) is 0 Å². The van der Waals surface area contributed by atoms with Gasteiger partial charge in [0.15, 0.2) is 9.90 Å². The standard InChI is InChI=1S/C9H12N2O6S2/c1-9(2,8(14)17-3)11-19(15,16)7-5(6(12)13)10-4-18-7/h4,11H,1-3H3,(H,12,13). The number of rotatable bonds is 5. The maximum absolute atomic E-state index is 12.0. The second kappa shape index (κ2) is 5.23. The summed E-state index contributed by atoms with van der Waals surface area (Å²) in [7, 11) is -3.06. The van der Waals surface area contributed by atoms with Gasteiger partial charge in [0.25, 0.3) is 10.0 Å². The second-order valence-corrected chi connectivity index (χ2v) is 6.75. The molecule has 10 heteroatoms. The lowest BCUT2D eigenvalue weighted by Gasteiger charge is -2.22. The van der Waals surface area contributed by atoms with Crippen molar-refractivity contribution in [2.24, 2.45) is 0 Å². The topological polar surface area (TPSA) is 123 Å². The van der Waals surface area contributed by atoms with Crippen LogP contribution in [0.3, 0.4) is 0 Å². The Labute approximate surface area is 113 Å². The van der Waals surface area contributed by atoms with Gasteiger partial charge in [-0.05, 0) is 13.8 Å². The number of carboxylic acids is 1. The number of aromatic carboxylic acids is 1. The number of ether oxygens (including phenoxy) is 1. The largest absolute Gasteiger partial charge is 0.476 e. The number of thiazole rings is 1. The molecule has 0 aliphatic heterocycles. The van der Waals surface area contributed by atoms with Crippen LogP contribution in [-0.2, 0) is 19.6 Å². The molecule has 0 aromatic carbocycles. The highest BCUT2D eigenvalue weighted by molar-refractivity contribution is 7.91. The predicted octanol–water partition coefficient (Wildman–Crippen LogP) is 0.0712. The van der Waals surface area contributed by atoms with E-state index in [4.69, 9.17) is 5.11 Å². The molecule has 106 valence electrons. The third kappa shape index (κ3) is 3.28. The number of carbonyl (C=O) groups excluding carboxylic acids is 1. The summed E-state index contributed by atoms with van der Waals surface area (Å²) < 4.78 is 30.2. The number of nitrogens with zero attached hydrogens (tertiary/aromatic N) is 1. The molecular weight excluding hydrogens is 296 g/mol. The minimum Gasteiger partial charge on any atom is -0.476 e. The third-order valence-corrected chi connectivity index (χ3v) is 5.09. The van der Waals surface area contributed by atoms with Gasteiger partial charge in [-0.1, -0.05) is 0 Å². The average Bonchev–Trinajstić information content (AvgIpc) is 2.76. The molecule has 1 heterocycles. The van der Waals surface area contributed by atoms with Gasteiger partial charge in [-0.2, -0.15) is 4.72 Å². The van der Waals surface area contributed by atoms with E-state index in [1.54, 1.807) is 0 Å². The van der Waals surface area contributed by atoms with E-state index >= 15 is 0 Å². The van der Waals surface area contributed by atoms with Gasteiger partial charge in [-0.15, -0.1) is 11.3 Å². The summed E-state index contributed by atoms with van der Waals surface area (Å²) in [6.45, 7) is 2.61. The van der Waals surface area contributed by atoms with Gasteiger partial charge in [-0.3, -0.25) is 4.79 Å². The van der Waals surface area contributed by atoms with E-state index in [2.05, 4.69) is 14.4 Å². The van der Waals surface area contributed by atoms with Crippen LogP contribution in [0.1, 0.15) is 24.3 Å². The third-order valence-electron chi connectivity index (χ3n) is 2.07. The van der Waals surface area contributed by atoms with E-state index in [1.807, 2.05) is 0 Å². The van der Waals surface area contributed by atoms with Gasteiger partial charge in [0.05, 0.1) is 12.6 Å². The number of nitrogens with one attached hydrogen (secondary N) is 1. The zero-order valence-corrected chi connectivity index (χ0v) is 12.0. The van der Waals surface area contributed by atoms with Crippen molar-refractivity contribution in [2.45, 2.75) is 23.6 Å². The Morgan fingerprint density at radius 2 is 2.05 bits per heavy atom. The lowest BCUT2D eigenvalue weighted by molar-refractivity contribution is -0.146. The van der Waals surface area contributed by atoms with E-state index in [9.17, 15) is 18.0 Å². The van der Waals surface area contributed by atoms with E-state index in [0.29, 0.717) is 11.3 Å². The Bertz CT molecular complexity index is 604. The highest BCUT2D eigenvalue weighted by Gasteiger charge is 2.36. The molecule has 1 aromatic heterocycles. The first-order chi connectivity index (χ1) is 8.62. The van der Waals surface area contributed by atoms with Crippen molar-refractivity contribution < 1.29 is 27.9 Å². The van der Waals surface area contributed by atoms with Crippen molar-refractivity contribution in [1.29, 1.82) is 0 Å². The van der Waals surface area contributed by atoms with Gasteiger partial charge in [0.2, 0.25) is 0 Å². The monoisotopic (exact) mass is 308 g/mol. The second-order valence-electron chi connectivity index (χ2n) is 4.02. The number of sulfonamides is 1. The highest BCUT2D eigenvalue weighted by atomic mass is 32.2. The Balaban J connectivity index is 3.16. The number of carboxylic acid groups (broad SMARTS) is 1. The molecule has 0 unspecified atom stereocenters. The molecule has 0 aliphatic rings. The van der Waals surface area contributed by atoms with Crippen LogP contribution in [0.5, 0.6) is 0 Å². The van der Waals surface area contributed by atoms with Crippen molar-refractivity contribution in [3.63, 3.8) is 0 Å². The van der Waals surface area contributed by atoms with Gasteiger partial charge in [0.1, 0.15) is 5.54 Å². The number of hydrogen-bond acceptors (Lipinski definition) is 7. The zero-order chi connectivity index (χ0) is 14.8. The molecule has 0 radical (unpaired) electrons. The van der Waals surface area contributed by atoms with Crippen LogP contribution >= 0.6 is 11.3 Å². The lowest BCUT2D eigenvalue weighted by atomic mass is 10.1. The number of carbonyl (C=O) groups is 2. The van der Waals surface area contributed by atoms with Crippen molar-refractivity contribution in [3.05, 3.63) is 11.2 Å². The van der Waals surface area contributed by atoms with Gasteiger partial charge < -0.3 is 9.84 Å². The molecule has 0 aliphatic carbocycles. The first-order valence-corrected chi connectivity index (χ1v) is 7.27. The van der Waals surface area contributed by atoms with E-state index in [-0.39, 0.29) is 0 Å². The summed E-state index contributed by atoms with van der Waals surface area (Å²) >= 11 is 0.650. The fraction of sp³-hybridized carbons (Fsp3) is 0.444. The molecular formula is C9H12N2O6S2. The summed E-state index contributed by atoms with van der Waals surface area (Å²) in [4.78, 5) is 25.7. The molecule has 0 saturated carbocycles. The normalized spacial score (nSPS) is 12.2. The molecule has 8 nitrogen and oxygen atoms in total. The molecule has 0 atom stereocenters. The molecule has 1 rings (SSSR count). The van der Waals surface area contributed by atoms with Gasteiger partial charge >= 0.3 is 11.9 Å². The van der Waals surface area contributed by atoms with Crippen LogP contribution in [-0.4, -0.2) is 43.1 Å². The molecule has 2 N–H and O–H groups in total. The zero-order valence-electron chi connectivity index (χ0n) is 10.3. The molecule has 0 amide bonds. The van der Waals surface area contributed by atoms with Crippen LogP contribution in [0.15, 0.2) is 9.72 Å². The van der Waals surface area contributed by atoms with E-state index in [1.165, 1.54) is 13.8 Å². The summed E-state index contributed by atoms with van der Waals surface area (Å²) in [5.74, 6) is -2.25. The smallest absolute Gasteiger partial charge is 0.356 e. The minimum absolute atomic E-state index is 0.461. The quantitative estimate of drug-likeness (QED) is 0.738. The highest BCUT2D eigenvalue weighted by Crippen LogP contribution is 2.22.